The third-order valence-corrected chi connectivity index (χ3v) is 5.94. The molecule has 8 heteroatoms. The molecule has 0 radical (unpaired) electrons. The lowest BCUT2D eigenvalue weighted by Crippen LogP contribution is -2.29. The number of halogens is 1. The molecule has 0 bridgehead atoms. The third kappa shape index (κ3) is 3.16. The monoisotopic (exact) mass is 340 g/mol. The van der Waals surface area contributed by atoms with Crippen LogP contribution in [0.2, 0.25) is 5.15 Å². The van der Waals surface area contributed by atoms with Crippen molar-refractivity contribution in [2.75, 3.05) is 13.1 Å². The zero-order valence-electron chi connectivity index (χ0n) is 12.2. The van der Waals surface area contributed by atoms with E-state index >= 15 is 0 Å². The fraction of sp³-hybridized carbons (Fsp3) is 0.429. The first-order chi connectivity index (χ1) is 10.4. The average Bonchev–Trinajstić information content (AvgIpc) is 3.09. The van der Waals surface area contributed by atoms with Crippen molar-refractivity contribution >= 4 is 21.6 Å². The second-order valence-electron chi connectivity index (χ2n) is 5.56. The van der Waals surface area contributed by atoms with Gasteiger partial charge in [0.1, 0.15) is 10.0 Å². The van der Waals surface area contributed by atoms with Crippen LogP contribution in [0.25, 0.3) is 0 Å². The molecule has 1 aliphatic heterocycles. The van der Waals surface area contributed by atoms with E-state index in [2.05, 4.69) is 10.1 Å². The molecule has 2 aromatic rings. The van der Waals surface area contributed by atoms with Crippen LogP contribution in [0.15, 0.2) is 35.6 Å². The van der Waals surface area contributed by atoms with Gasteiger partial charge >= 0.3 is 0 Å². The Bertz CT molecular complexity index is 757. The molecule has 3 heterocycles. The van der Waals surface area contributed by atoms with Gasteiger partial charge < -0.3 is 0 Å². The van der Waals surface area contributed by atoms with Crippen molar-refractivity contribution in [2.24, 2.45) is 13.0 Å². The van der Waals surface area contributed by atoms with Gasteiger partial charge in [0.2, 0.25) is 10.0 Å². The number of nitrogens with zero attached hydrogens (tertiary/aromatic N) is 4. The van der Waals surface area contributed by atoms with Gasteiger partial charge in [-0.3, -0.25) is 4.68 Å². The number of rotatable bonds is 4. The van der Waals surface area contributed by atoms with Gasteiger partial charge in [-0.1, -0.05) is 11.6 Å². The molecule has 1 fully saturated rings. The summed E-state index contributed by atoms with van der Waals surface area (Å²) in [6.45, 7) is 1.07. The first kappa shape index (κ1) is 15.5. The summed E-state index contributed by atoms with van der Waals surface area (Å²) in [5.41, 5.74) is 1.14. The summed E-state index contributed by atoms with van der Waals surface area (Å²) in [6, 6.07) is 3.00. The third-order valence-electron chi connectivity index (χ3n) is 3.87. The van der Waals surface area contributed by atoms with E-state index in [9.17, 15) is 8.42 Å². The predicted octanol–water partition coefficient (Wildman–Crippen LogP) is 1.72. The summed E-state index contributed by atoms with van der Waals surface area (Å²) in [5.74, 6) is 0.319. The minimum atomic E-state index is -3.48. The SMILES string of the molecule is Cn1cc(C[C@@H]2CCN(S(=O)(=O)c3ccc(Cl)nc3)C2)cn1. The molecule has 0 unspecified atom stereocenters. The maximum absolute atomic E-state index is 12.6. The number of hydrogen-bond acceptors (Lipinski definition) is 4. The molecule has 1 atom stereocenters. The van der Waals surface area contributed by atoms with Crippen LogP contribution in [0, 0.1) is 5.92 Å². The highest BCUT2D eigenvalue weighted by molar-refractivity contribution is 7.89. The molecule has 1 aliphatic rings. The van der Waals surface area contributed by atoms with E-state index in [1.807, 2.05) is 19.4 Å². The van der Waals surface area contributed by atoms with Gasteiger partial charge in [-0.15, -0.1) is 0 Å². The summed E-state index contributed by atoms with van der Waals surface area (Å²) in [7, 11) is -1.61. The standard InChI is InChI=1S/C14H17ClN4O2S/c1-18-9-12(7-17-18)6-11-4-5-19(10-11)22(20,21)13-2-3-14(15)16-8-13/h2-3,7-9,11H,4-6,10H2,1H3/t11-/m0/s1. The van der Waals surface area contributed by atoms with Gasteiger partial charge in [-0.05, 0) is 36.5 Å². The number of aryl methyl sites for hydroxylation is 1. The summed E-state index contributed by atoms with van der Waals surface area (Å²) in [6.07, 6.45) is 6.82. The minimum Gasteiger partial charge on any atom is -0.276 e. The lowest BCUT2D eigenvalue weighted by atomic mass is 10.0. The van der Waals surface area contributed by atoms with Gasteiger partial charge in [-0.2, -0.15) is 9.40 Å². The van der Waals surface area contributed by atoms with Crippen LogP contribution in [-0.2, 0) is 23.5 Å². The largest absolute Gasteiger partial charge is 0.276 e. The number of hydrogen-bond donors (Lipinski definition) is 0. The van der Waals surface area contributed by atoms with E-state index in [4.69, 9.17) is 11.6 Å². The Morgan fingerprint density at radius 1 is 1.36 bits per heavy atom. The number of sulfonamides is 1. The molecule has 0 amide bonds. The van der Waals surface area contributed by atoms with Crippen LogP contribution in [0.3, 0.4) is 0 Å². The zero-order chi connectivity index (χ0) is 15.7. The van der Waals surface area contributed by atoms with Crippen molar-refractivity contribution in [3.8, 4) is 0 Å². The lowest BCUT2D eigenvalue weighted by Gasteiger charge is -2.16. The van der Waals surface area contributed by atoms with Crippen LogP contribution in [0.1, 0.15) is 12.0 Å². The summed E-state index contributed by atoms with van der Waals surface area (Å²) in [5, 5.41) is 4.43. The topological polar surface area (TPSA) is 68.1 Å². The van der Waals surface area contributed by atoms with E-state index in [0.29, 0.717) is 19.0 Å². The van der Waals surface area contributed by atoms with Crippen molar-refractivity contribution < 1.29 is 8.42 Å². The lowest BCUT2D eigenvalue weighted by molar-refractivity contribution is 0.455. The summed E-state index contributed by atoms with van der Waals surface area (Å²) < 4.78 is 28.4. The van der Waals surface area contributed by atoms with E-state index in [-0.39, 0.29) is 10.0 Å². The molecule has 0 saturated carbocycles. The minimum absolute atomic E-state index is 0.193. The van der Waals surface area contributed by atoms with Gasteiger partial charge in [0, 0.05) is 32.5 Å². The fourth-order valence-corrected chi connectivity index (χ4v) is 4.35. The molecular formula is C14H17ClN4O2S. The molecule has 0 spiro atoms. The Morgan fingerprint density at radius 3 is 2.82 bits per heavy atom. The quantitative estimate of drug-likeness (QED) is 0.795. The predicted molar refractivity (Wildman–Crippen MR) is 83.0 cm³/mol. The molecule has 0 aromatic carbocycles. The Hall–Kier alpha value is -1.44. The Labute approximate surface area is 134 Å². The molecule has 2 aromatic heterocycles. The first-order valence-electron chi connectivity index (χ1n) is 7.04. The molecule has 118 valence electrons. The highest BCUT2D eigenvalue weighted by atomic mass is 35.5. The molecule has 3 rings (SSSR count). The van der Waals surface area contributed by atoms with Gasteiger partial charge in [-0.25, -0.2) is 13.4 Å². The first-order valence-corrected chi connectivity index (χ1v) is 8.86. The van der Waals surface area contributed by atoms with Crippen molar-refractivity contribution in [3.63, 3.8) is 0 Å². The van der Waals surface area contributed by atoms with Crippen molar-refractivity contribution in [2.45, 2.75) is 17.7 Å². The Kier molecular flexibility index (Phi) is 4.20. The second-order valence-corrected chi connectivity index (χ2v) is 7.89. The van der Waals surface area contributed by atoms with Crippen LogP contribution in [0.4, 0.5) is 0 Å². The molecule has 22 heavy (non-hydrogen) atoms. The highest BCUT2D eigenvalue weighted by Gasteiger charge is 2.32. The van der Waals surface area contributed by atoms with E-state index < -0.39 is 10.0 Å². The maximum atomic E-state index is 12.6. The Morgan fingerprint density at radius 2 is 2.18 bits per heavy atom. The van der Waals surface area contributed by atoms with Crippen molar-refractivity contribution in [3.05, 3.63) is 41.4 Å². The van der Waals surface area contributed by atoms with Gasteiger partial charge in [0.25, 0.3) is 0 Å². The van der Waals surface area contributed by atoms with E-state index in [1.165, 1.54) is 22.6 Å². The molecule has 0 N–H and O–H groups in total. The second kappa shape index (κ2) is 5.98. The van der Waals surface area contributed by atoms with E-state index in [1.54, 1.807) is 4.68 Å². The van der Waals surface area contributed by atoms with Gasteiger partial charge in [0.05, 0.1) is 6.20 Å². The average molecular weight is 341 g/mol. The normalized spacial score (nSPS) is 19.6. The molecule has 1 saturated heterocycles. The Balaban J connectivity index is 1.70. The zero-order valence-corrected chi connectivity index (χ0v) is 13.8. The number of aromatic nitrogens is 3. The van der Waals surface area contributed by atoms with E-state index in [0.717, 1.165) is 18.4 Å². The number of pyridine rings is 1. The van der Waals surface area contributed by atoms with Gasteiger partial charge in [0.15, 0.2) is 0 Å². The molecule has 0 aliphatic carbocycles. The van der Waals surface area contributed by atoms with Crippen molar-refractivity contribution in [1.29, 1.82) is 0 Å². The summed E-state index contributed by atoms with van der Waals surface area (Å²) >= 11 is 5.71. The fourth-order valence-electron chi connectivity index (χ4n) is 2.76. The van der Waals surface area contributed by atoms with Crippen LogP contribution < -0.4 is 0 Å². The summed E-state index contributed by atoms with van der Waals surface area (Å²) in [4.78, 5) is 4.05. The molecule has 6 nitrogen and oxygen atoms in total. The smallest absolute Gasteiger partial charge is 0.244 e. The van der Waals surface area contributed by atoms with Crippen LogP contribution in [-0.4, -0.2) is 40.6 Å². The van der Waals surface area contributed by atoms with Crippen LogP contribution >= 0.6 is 11.6 Å². The highest BCUT2D eigenvalue weighted by Crippen LogP contribution is 2.26. The molecular weight excluding hydrogens is 324 g/mol. The maximum Gasteiger partial charge on any atom is 0.244 e. The van der Waals surface area contributed by atoms with Crippen molar-refractivity contribution in [1.82, 2.24) is 19.1 Å². The van der Waals surface area contributed by atoms with Crippen LogP contribution in [0.5, 0.6) is 0 Å².